The van der Waals surface area contributed by atoms with Crippen LogP contribution in [0.4, 0.5) is 5.69 Å². The lowest BCUT2D eigenvalue weighted by Crippen LogP contribution is -2.45. The van der Waals surface area contributed by atoms with Gasteiger partial charge in [-0.1, -0.05) is 30.3 Å². The average Bonchev–Trinajstić information content (AvgIpc) is 3.38. The number of nitrogens with zero attached hydrogens (tertiary/aromatic N) is 4. The summed E-state index contributed by atoms with van der Waals surface area (Å²) in [6.45, 7) is 6.74. The Bertz CT molecular complexity index is 1130. The molecule has 5 rings (SSSR count). The SMILES string of the molecule is CN1CCN(CCCNC(=O)c2ccccc2CN2C(=O)C3CCCN3C(=O)c3ccccc32)CC1. The molecule has 190 valence electrons. The van der Waals surface area contributed by atoms with Gasteiger partial charge in [0.1, 0.15) is 6.04 Å². The standard InChI is InChI=1S/C28H35N5O3/c1-30-16-18-31(19-17-30)14-7-13-29-26(34)22-9-3-2-8-21(22)20-33-24-11-5-4-10-23(24)27(35)32-15-6-12-25(32)28(33)36/h2-5,8-11,25H,6-7,12-20H2,1H3,(H,29,34). The van der Waals surface area contributed by atoms with Crippen LogP contribution in [-0.4, -0.2) is 91.3 Å². The minimum Gasteiger partial charge on any atom is -0.352 e. The van der Waals surface area contributed by atoms with Gasteiger partial charge in [0.25, 0.3) is 11.8 Å². The summed E-state index contributed by atoms with van der Waals surface area (Å²) in [5.74, 6) is -0.290. The molecule has 2 aromatic rings. The number of amides is 3. The van der Waals surface area contributed by atoms with E-state index >= 15 is 0 Å². The normalized spacial score (nSPS) is 20.8. The Kier molecular flexibility index (Phi) is 7.34. The van der Waals surface area contributed by atoms with Gasteiger partial charge in [0.15, 0.2) is 0 Å². The lowest BCUT2D eigenvalue weighted by Gasteiger charge is -2.32. The van der Waals surface area contributed by atoms with Crippen molar-refractivity contribution in [1.82, 2.24) is 20.0 Å². The van der Waals surface area contributed by atoms with Crippen molar-refractivity contribution in [2.75, 3.05) is 57.8 Å². The van der Waals surface area contributed by atoms with Gasteiger partial charge in [0.2, 0.25) is 5.91 Å². The van der Waals surface area contributed by atoms with Gasteiger partial charge in [-0.25, -0.2) is 0 Å². The highest BCUT2D eigenvalue weighted by Gasteiger charge is 2.42. The molecule has 1 unspecified atom stereocenters. The molecule has 0 aliphatic carbocycles. The highest BCUT2D eigenvalue weighted by Crippen LogP contribution is 2.33. The third-order valence-electron chi connectivity index (χ3n) is 7.61. The zero-order valence-electron chi connectivity index (χ0n) is 21.0. The van der Waals surface area contributed by atoms with Crippen molar-refractivity contribution in [3.8, 4) is 0 Å². The summed E-state index contributed by atoms with van der Waals surface area (Å²) in [5.41, 5.74) is 2.50. The van der Waals surface area contributed by atoms with Crippen LogP contribution in [0, 0.1) is 0 Å². The van der Waals surface area contributed by atoms with Crippen LogP contribution in [-0.2, 0) is 11.3 Å². The lowest BCUT2D eigenvalue weighted by atomic mass is 10.0. The summed E-state index contributed by atoms with van der Waals surface area (Å²) in [6.07, 6.45) is 2.39. The number of fused-ring (bicyclic) bond motifs is 2. The van der Waals surface area contributed by atoms with Gasteiger partial charge in [-0.15, -0.1) is 0 Å². The molecule has 8 nitrogen and oxygen atoms in total. The maximum absolute atomic E-state index is 13.6. The Hall–Kier alpha value is -3.23. The van der Waals surface area contributed by atoms with E-state index < -0.39 is 6.04 Å². The summed E-state index contributed by atoms with van der Waals surface area (Å²) in [4.78, 5) is 48.1. The topological polar surface area (TPSA) is 76.2 Å². The van der Waals surface area contributed by atoms with Crippen molar-refractivity contribution >= 4 is 23.4 Å². The zero-order valence-corrected chi connectivity index (χ0v) is 21.0. The van der Waals surface area contributed by atoms with Gasteiger partial charge in [-0.2, -0.15) is 0 Å². The molecule has 0 bridgehead atoms. The van der Waals surface area contributed by atoms with Crippen molar-refractivity contribution in [1.29, 1.82) is 0 Å². The van der Waals surface area contributed by atoms with Crippen molar-refractivity contribution in [3.63, 3.8) is 0 Å². The summed E-state index contributed by atoms with van der Waals surface area (Å²) in [6, 6.07) is 14.3. The molecular weight excluding hydrogens is 454 g/mol. The van der Waals surface area contributed by atoms with Gasteiger partial charge in [0.05, 0.1) is 17.8 Å². The highest BCUT2D eigenvalue weighted by atomic mass is 16.2. The van der Waals surface area contributed by atoms with E-state index in [1.165, 1.54) is 0 Å². The third-order valence-corrected chi connectivity index (χ3v) is 7.61. The van der Waals surface area contributed by atoms with Crippen LogP contribution in [0.3, 0.4) is 0 Å². The van der Waals surface area contributed by atoms with Crippen LogP contribution in [0.5, 0.6) is 0 Å². The Morgan fingerprint density at radius 3 is 2.56 bits per heavy atom. The average molecular weight is 490 g/mol. The van der Waals surface area contributed by atoms with Crippen molar-refractivity contribution in [3.05, 3.63) is 65.2 Å². The summed E-state index contributed by atoms with van der Waals surface area (Å²) in [5, 5.41) is 3.07. The van der Waals surface area contributed by atoms with E-state index in [4.69, 9.17) is 0 Å². The van der Waals surface area contributed by atoms with E-state index in [1.54, 1.807) is 15.9 Å². The minimum atomic E-state index is -0.444. The number of benzene rings is 2. The number of piperazine rings is 1. The molecular formula is C28H35N5O3. The molecule has 2 fully saturated rings. The summed E-state index contributed by atoms with van der Waals surface area (Å²) in [7, 11) is 2.15. The monoisotopic (exact) mass is 489 g/mol. The number of anilines is 1. The lowest BCUT2D eigenvalue weighted by molar-refractivity contribution is -0.122. The largest absolute Gasteiger partial charge is 0.352 e. The number of hydrogen-bond acceptors (Lipinski definition) is 5. The Labute approximate surface area is 212 Å². The maximum Gasteiger partial charge on any atom is 0.256 e. The van der Waals surface area contributed by atoms with Gasteiger partial charge in [-0.3, -0.25) is 14.4 Å². The first kappa shape index (κ1) is 24.5. The molecule has 2 aromatic carbocycles. The van der Waals surface area contributed by atoms with Gasteiger partial charge < -0.3 is 24.9 Å². The molecule has 1 N–H and O–H groups in total. The first-order valence-electron chi connectivity index (χ1n) is 13.0. The molecule has 0 aromatic heterocycles. The Morgan fingerprint density at radius 2 is 1.72 bits per heavy atom. The fraction of sp³-hybridized carbons (Fsp3) is 0.464. The van der Waals surface area contributed by atoms with E-state index in [0.29, 0.717) is 36.3 Å². The number of carbonyl (C=O) groups is 3. The van der Waals surface area contributed by atoms with Crippen LogP contribution >= 0.6 is 0 Å². The van der Waals surface area contributed by atoms with Crippen LogP contribution in [0.25, 0.3) is 0 Å². The van der Waals surface area contributed by atoms with Crippen LogP contribution in [0.2, 0.25) is 0 Å². The second kappa shape index (κ2) is 10.8. The Balaban J connectivity index is 1.29. The number of rotatable bonds is 7. The van der Waals surface area contributed by atoms with Crippen LogP contribution in [0.15, 0.2) is 48.5 Å². The number of hydrogen-bond donors (Lipinski definition) is 1. The second-order valence-corrected chi connectivity index (χ2v) is 10.0. The fourth-order valence-electron chi connectivity index (χ4n) is 5.49. The molecule has 8 heteroatoms. The molecule has 2 saturated heterocycles. The van der Waals surface area contributed by atoms with E-state index in [9.17, 15) is 14.4 Å². The molecule has 36 heavy (non-hydrogen) atoms. The Morgan fingerprint density at radius 1 is 0.972 bits per heavy atom. The smallest absolute Gasteiger partial charge is 0.256 e. The van der Waals surface area contributed by atoms with Gasteiger partial charge >= 0.3 is 0 Å². The van der Waals surface area contributed by atoms with E-state index in [2.05, 4.69) is 22.2 Å². The van der Waals surface area contributed by atoms with Crippen LogP contribution in [0.1, 0.15) is 45.5 Å². The van der Waals surface area contributed by atoms with E-state index in [0.717, 1.165) is 51.1 Å². The number of carbonyl (C=O) groups excluding carboxylic acids is 3. The van der Waals surface area contributed by atoms with Crippen LogP contribution < -0.4 is 10.2 Å². The van der Waals surface area contributed by atoms with E-state index in [1.807, 2.05) is 42.5 Å². The first-order valence-corrected chi connectivity index (χ1v) is 13.0. The predicted octanol–water partition coefficient (Wildman–Crippen LogP) is 2.21. The number of likely N-dealkylation sites (N-methyl/N-ethyl adjacent to an activating group) is 1. The molecule has 3 aliphatic rings. The molecule has 3 aliphatic heterocycles. The van der Waals surface area contributed by atoms with Crippen molar-refractivity contribution in [2.45, 2.75) is 31.8 Å². The molecule has 3 heterocycles. The van der Waals surface area contributed by atoms with Gasteiger partial charge in [0, 0.05) is 44.8 Å². The maximum atomic E-state index is 13.6. The van der Waals surface area contributed by atoms with Crippen molar-refractivity contribution < 1.29 is 14.4 Å². The van der Waals surface area contributed by atoms with Gasteiger partial charge in [-0.05, 0) is 56.6 Å². The first-order chi connectivity index (χ1) is 17.5. The summed E-state index contributed by atoms with van der Waals surface area (Å²) >= 11 is 0. The molecule has 1 atom stereocenters. The fourth-order valence-corrected chi connectivity index (χ4v) is 5.49. The predicted molar refractivity (Wildman–Crippen MR) is 139 cm³/mol. The molecule has 0 spiro atoms. The summed E-state index contributed by atoms with van der Waals surface area (Å²) < 4.78 is 0. The second-order valence-electron chi connectivity index (χ2n) is 10.0. The molecule has 0 saturated carbocycles. The zero-order chi connectivity index (χ0) is 25.1. The molecule has 0 radical (unpaired) electrons. The minimum absolute atomic E-state index is 0.0758. The quantitative estimate of drug-likeness (QED) is 0.604. The van der Waals surface area contributed by atoms with E-state index in [-0.39, 0.29) is 24.3 Å². The highest BCUT2D eigenvalue weighted by molar-refractivity contribution is 6.11. The molecule has 3 amide bonds. The number of nitrogens with one attached hydrogen (secondary N) is 1. The third kappa shape index (κ3) is 5.01. The van der Waals surface area contributed by atoms with Crippen molar-refractivity contribution in [2.24, 2.45) is 0 Å². The number of para-hydroxylation sites is 1.